The second kappa shape index (κ2) is 6.98. The van der Waals surface area contributed by atoms with E-state index in [1.54, 1.807) is 31.3 Å². The fourth-order valence-corrected chi connectivity index (χ4v) is 1.10. The van der Waals surface area contributed by atoms with Gasteiger partial charge in [-0.1, -0.05) is 29.3 Å². The molecule has 1 heterocycles. The van der Waals surface area contributed by atoms with E-state index in [-0.39, 0.29) is 16.9 Å². The van der Waals surface area contributed by atoms with Gasteiger partial charge in [0.15, 0.2) is 5.17 Å². The van der Waals surface area contributed by atoms with E-state index in [4.69, 9.17) is 23.2 Å². The molecule has 1 aromatic heterocycles. The van der Waals surface area contributed by atoms with Gasteiger partial charge in [0.25, 0.3) is 0 Å². The maximum Gasteiger partial charge on any atom is 0.370 e. The van der Waals surface area contributed by atoms with E-state index >= 15 is 0 Å². The minimum atomic E-state index is -0.747. The number of ether oxygens (including phenoxy) is 1. The van der Waals surface area contributed by atoms with Crippen LogP contribution < -0.4 is 0 Å². The molecule has 5 nitrogen and oxygen atoms in total. The van der Waals surface area contributed by atoms with E-state index in [1.807, 2.05) is 0 Å². The van der Waals surface area contributed by atoms with Crippen molar-refractivity contribution < 1.29 is 9.53 Å². The number of carbonyl (C=O) groups excluding carboxylic acids is 1. The van der Waals surface area contributed by atoms with Gasteiger partial charge in [0.2, 0.25) is 5.17 Å². The van der Waals surface area contributed by atoms with Crippen LogP contribution in [0.15, 0.2) is 34.6 Å². The van der Waals surface area contributed by atoms with Crippen molar-refractivity contribution in [3.63, 3.8) is 0 Å². The molecule has 0 amide bonds. The summed E-state index contributed by atoms with van der Waals surface area (Å²) in [6, 6.07) is 5.14. The Kier molecular flexibility index (Phi) is 5.59. The lowest BCUT2D eigenvalue weighted by Crippen LogP contribution is -2.11. The standard InChI is InChI=1S/C10H9Cl2N3O2/c1-2-17-10(16)9(12)15-14-8(11)7-5-3-4-6-13-7/h3-6H,2H2,1H3/b14-8-,15-9+. The molecule has 0 aromatic carbocycles. The molecule has 0 fully saturated rings. The molecule has 0 N–H and O–H groups in total. The summed E-state index contributed by atoms with van der Waals surface area (Å²) in [4.78, 5) is 15.0. The molecule has 1 rings (SSSR count). The van der Waals surface area contributed by atoms with Gasteiger partial charge >= 0.3 is 5.97 Å². The minimum absolute atomic E-state index is 0.0352. The van der Waals surface area contributed by atoms with E-state index < -0.39 is 5.97 Å². The van der Waals surface area contributed by atoms with Crippen molar-refractivity contribution in [1.82, 2.24) is 4.98 Å². The molecular weight excluding hydrogens is 265 g/mol. The van der Waals surface area contributed by atoms with Gasteiger partial charge in [0, 0.05) is 6.20 Å². The van der Waals surface area contributed by atoms with Crippen LogP contribution in [0.2, 0.25) is 0 Å². The molecule has 0 atom stereocenters. The van der Waals surface area contributed by atoms with Gasteiger partial charge in [-0.15, -0.1) is 10.2 Å². The maximum atomic E-state index is 11.1. The highest BCUT2D eigenvalue weighted by molar-refractivity contribution is 6.82. The van der Waals surface area contributed by atoms with Crippen LogP contribution in [-0.2, 0) is 9.53 Å². The summed E-state index contributed by atoms with van der Waals surface area (Å²) >= 11 is 11.3. The first-order valence-corrected chi connectivity index (χ1v) is 5.46. The highest BCUT2D eigenvalue weighted by atomic mass is 35.5. The van der Waals surface area contributed by atoms with Crippen molar-refractivity contribution in [3.05, 3.63) is 30.1 Å². The van der Waals surface area contributed by atoms with E-state index in [2.05, 4.69) is 19.9 Å². The molecular formula is C10H9Cl2N3O2. The molecule has 0 bridgehead atoms. The third-order valence-electron chi connectivity index (χ3n) is 1.55. The molecule has 17 heavy (non-hydrogen) atoms. The second-order valence-corrected chi connectivity index (χ2v) is 3.43. The van der Waals surface area contributed by atoms with Gasteiger partial charge in [0.1, 0.15) is 5.69 Å². The molecule has 7 heteroatoms. The maximum absolute atomic E-state index is 11.1. The quantitative estimate of drug-likeness (QED) is 0.480. The summed E-state index contributed by atoms with van der Waals surface area (Å²) in [5.41, 5.74) is 0.436. The SMILES string of the molecule is CCOC(=O)/C(Cl)=N\N=C(/Cl)c1ccccn1. The van der Waals surface area contributed by atoms with E-state index in [0.717, 1.165) is 0 Å². The third-order valence-corrected chi connectivity index (χ3v) is 2.04. The van der Waals surface area contributed by atoms with Crippen LogP contribution in [0.25, 0.3) is 0 Å². The zero-order chi connectivity index (χ0) is 12.7. The van der Waals surface area contributed by atoms with Crippen molar-refractivity contribution >= 4 is 39.5 Å². The first-order chi connectivity index (χ1) is 8.15. The molecule has 0 aliphatic heterocycles. The lowest BCUT2D eigenvalue weighted by atomic mass is 10.4. The van der Waals surface area contributed by atoms with Gasteiger partial charge in [-0.2, -0.15) is 0 Å². The molecule has 0 aliphatic rings. The Morgan fingerprint density at radius 3 is 2.76 bits per heavy atom. The van der Waals surface area contributed by atoms with Gasteiger partial charge in [-0.3, -0.25) is 4.98 Å². The minimum Gasteiger partial charge on any atom is -0.461 e. The first kappa shape index (κ1) is 13.6. The van der Waals surface area contributed by atoms with Crippen LogP contribution in [0, 0.1) is 0 Å². The van der Waals surface area contributed by atoms with Crippen LogP contribution >= 0.6 is 23.2 Å². The normalized spacial score (nSPS) is 12.4. The third kappa shape index (κ3) is 4.50. The molecule has 90 valence electrons. The first-order valence-electron chi connectivity index (χ1n) is 4.70. The molecule has 0 saturated heterocycles. The zero-order valence-corrected chi connectivity index (χ0v) is 10.4. The van der Waals surface area contributed by atoms with Gasteiger partial charge < -0.3 is 4.74 Å². The Bertz CT molecular complexity index is 446. The Morgan fingerprint density at radius 1 is 1.41 bits per heavy atom. The topological polar surface area (TPSA) is 63.9 Å². The van der Waals surface area contributed by atoms with Crippen LogP contribution in [0.3, 0.4) is 0 Å². The largest absolute Gasteiger partial charge is 0.461 e. The number of halogens is 2. The smallest absolute Gasteiger partial charge is 0.370 e. The van der Waals surface area contributed by atoms with Crippen LogP contribution in [-0.4, -0.2) is 27.9 Å². The predicted molar refractivity (Wildman–Crippen MR) is 66.5 cm³/mol. The number of esters is 1. The number of rotatable bonds is 4. The van der Waals surface area contributed by atoms with Crippen LogP contribution in [0.5, 0.6) is 0 Å². The van der Waals surface area contributed by atoms with E-state index in [9.17, 15) is 4.79 Å². The van der Waals surface area contributed by atoms with E-state index in [1.165, 1.54) is 0 Å². The highest BCUT2D eigenvalue weighted by Gasteiger charge is 2.09. The monoisotopic (exact) mass is 273 g/mol. The lowest BCUT2D eigenvalue weighted by molar-refractivity contribution is -0.134. The average molecular weight is 274 g/mol. The summed E-state index contributed by atoms with van der Waals surface area (Å²) in [6.45, 7) is 1.87. The number of pyridine rings is 1. The number of hydrogen-bond donors (Lipinski definition) is 0. The van der Waals surface area contributed by atoms with E-state index in [0.29, 0.717) is 5.69 Å². The predicted octanol–water partition coefficient (Wildman–Crippen LogP) is 2.18. The van der Waals surface area contributed by atoms with Crippen molar-refractivity contribution in [1.29, 1.82) is 0 Å². The summed E-state index contributed by atoms with van der Waals surface area (Å²) in [5.74, 6) is -0.747. The molecule has 0 aliphatic carbocycles. The van der Waals surface area contributed by atoms with Crippen molar-refractivity contribution in [2.45, 2.75) is 6.92 Å². The van der Waals surface area contributed by atoms with Crippen molar-refractivity contribution in [2.24, 2.45) is 10.2 Å². The Morgan fingerprint density at radius 2 is 2.18 bits per heavy atom. The number of aromatic nitrogens is 1. The molecule has 1 aromatic rings. The van der Waals surface area contributed by atoms with Crippen LogP contribution in [0.4, 0.5) is 0 Å². The van der Waals surface area contributed by atoms with Crippen LogP contribution in [0.1, 0.15) is 12.6 Å². The zero-order valence-electron chi connectivity index (χ0n) is 8.93. The average Bonchev–Trinajstić information content (AvgIpc) is 2.36. The Hall–Kier alpha value is -1.46. The summed E-state index contributed by atoms with van der Waals surface area (Å²) < 4.78 is 4.61. The number of carbonyl (C=O) groups is 1. The fourth-order valence-electron chi connectivity index (χ4n) is 0.855. The lowest BCUT2D eigenvalue weighted by Gasteiger charge is -1.97. The highest BCUT2D eigenvalue weighted by Crippen LogP contribution is 2.02. The molecule has 0 spiro atoms. The van der Waals surface area contributed by atoms with Crippen molar-refractivity contribution in [3.8, 4) is 0 Å². The summed E-state index contributed by atoms with van der Waals surface area (Å²) in [5, 5.41) is 6.66. The Labute approximate surface area is 108 Å². The molecule has 0 saturated carbocycles. The summed E-state index contributed by atoms with van der Waals surface area (Å²) in [6.07, 6.45) is 1.56. The fraction of sp³-hybridized carbons (Fsp3) is 0.200. The van der Waals surface area contributed by atoms with Crippen molar-refractivity contribution in [2.75, 3.05) is 6.61 Å². The molecule has 0 unspecified atom stereocenters. The van der Waals surface area contributed by atoms with Gasteiger partial charge in [-0.25, -0.2) is 4.79 Å². The summed E-state index contributed by atoms with van der Waals surface area (Å²) in [7, 11) is 0. The Balaban J connectivity index is 2.77. The number of nitrogens with zero attached hydrogens (tertiary/aromatic N) is 3. The number of hydrogen-bond acceptors (Lipinski definition) is 5. The van der Waals surface area contributed by atoms with Gasteiger partial charge in [0.05, 0.1) is 6.61 Å². The van der Waals surface area contributed by atoms with Gasteiger partial charge in [-0.05, 0) is 19.1 Å². The second-order valence-electron chi connectivity index (χ2n) is 2.72. The molecule has 0 radical (unpaired) electrons.